The maximum atomic E-state index is 13.7. The Morgan fingerprint density at radius 1 is 1.23 bits per heavy atom. The molecule has 7 heteroatoms. The third-order valence-corrected chi connectivity index (χ3v) is 4.94. The molecule has 2 N–H and O–H groups in total. The predicted octanol–water partition coefficient (Wildman–Crippen LogP) is 2.17. The van der Waals surface area contributed by atoms with E-state index in [-0.39, 0.29) is 11.4 Å². The van der Waals surface area contributed by atoms with Crippen LogP contribution in [0.15, 0.2) is 23.2 Å². The van der Waals surface area contributed by atoms with Gasteiger partial charge in [0.15, 0.2) is 5.96 Å². The third-order valence-electron chi connectivity index (χ3n) is 4.94. The largest absolute Gasteiger partial charge is 0.381 e. The van der Waals surface area contributed by atoms with Crippen molar-refractivity contribution in [1.82, 2.24) is 15.5 Å². The van der Waals surface area contributed by atoms with Gasteiger partial charge in [-0.05, 0) is 64.0 Å². The normalized spacial score (nSPS) is 17.4. The van der Waals surface area contributed by atoms with Crippen LogP contribution in [-0.2, 0) is 11.2 Å². The summed E-state index contributed by atoms with van der Waals surface area (Å²) in [6.07, 6.45) is 2.27. The van der Waals surface area contributed by atoms with Crippen LogP contribution in [0.25, 0.3) is 0 Å². The summed E-state index contributed by atoms with van der Waals surface area (Å²) in [5.41, 5.74) is 0.359. The fourth-order valence-corrected chi connectivity index (χ4v) is 3.12. The van der Waals surface area contributed by atoms with Crippen LogP contribution in [0.2, 0.25) is 0 Å². The highest BCUT2D eigenvalue weighted by Crippen LogP contribution is 2.26. The fraction of sp³-hybridized carbons (Fsp3) is 0.632. The lowest BCUT2D eigenvalue weighted by Gasteiger charge is -2.41. The van der Waals surface area contributed by atoms with Gasteiger partial charge in [-0.2, -0.15) is 0 Å². The minimum absolute atomic E-state index is 0.00469. The van der Waals surface area contributed by atoms with Gasteiger partial charge in [-0.25, -0.2) is 8.78 Å². The smallest absolute Gasteiger partial charge is 0.191 e. The van der Waals surface area contributed by atoms with Crippen molar-refractivity contribution in [3.05, 3.63) is 35.4 Å². The van der Waals surface area contributed by atoms with Crippen molar-refractivity contribution >= 4 is 5.96 Å². The molecule has 2 rings (SSSR count). The fourth-order valence-electron chi connectivity index (χ4n) is 3.12. The number of halogens is 2. The summed E-state index contributed by atoms with van der Waals surface area (Å²) in [6, 6.07) is 3.53. The molecule has 0 unspecified atom stereocenters. The Bertz CT molecular complexity index is 601. The number of guanidine groups is 1. The van der Waals surface area contributed by atoms with Gasteiger partial charge in [0.2, 0.25) is 0 Å². The first-order valence-electron chi connectivity index (χ1n) is 9.18. The summed E-state index contributed by atoms with van der Waals surface area (Å²) < 4.78 is 32.5. The number of nitrogens with zero attached hydrogens (tertiary/aromatic N) is 2. The Hall–Kier alpha value is -1.73. The molecule has 1 aromatic carbocycles. The first-order valence-corrected chi connectivity index (χ1v) is 9.18. The van der Waals surface area contributed by atoms with Gasteiger partial charge in [-0.15, -0.1) is 0 Å². The molecular weight excluding hydrogens is 338 g/mol. The standard InChI is InChI=1S/C19H30F2N4O/c1-4-22-18(23-10-7-15-13-16(20)5-6-17(15)21)24-14-19(25(2)3)8-11-26-12-9-19/h5-6,13H,4,7-12,14H2,1-3H3,(H2,22,23,24). The van der Waals surface area contributed by atoms with Gasteiger partial charge >= 0.3 is 0 Å². The summed E-state index contributed by atoms with van der Waals surface area (Å²) in [7, 11) is 4.15. The van der Waals surface area contributed by atoms with Crippen molar-refractivity contribution in [3.8, 4) is 0 Å². The van der Waals surface area contributed by atoms with E-state index < -0.39 is 5.82 Å². The third kappa shape index (κ3) is 5.64. The molecule has 0 amide bonds. The van der Waals surface area contributed by atoms with Gasteiger partial charge in [-0.1, -0.05) is 0 Å². The Morgan fingerprint density at radius 3 is 2.62 bits per heavy atom. The molecule has 0 aromatic heterocycles. The van der Waals surface area contributed by atoms with E-state index in [2.05, 4.69) is 29.6 Å². The quantitative estimate of drug-likeness (QED) is 0.572. The molecule has 26 heavy (non-hydrogen) atoms. The molecule has 0 atom stereocenters. The first-order chi connectivity index (χ1) is 12.5. The van der Waals surface area contributed by atoms with E-state index in [1.165, 1.54) is 6.07 Å². The minimum atomic E-state index is -0.422. The molecule has 0 radical (unpaired) electrons. The number of nitrogens with one attached hydrogen (secondary N) is 2. The van der Waals surface area contributed by atoms with Gasteiger partial charge < -0.3 is 20.3 Å². The van der Waals surface area contributed by atoms with Crippen LogP contribution < -0.4 is 10.6 Å². The molecule has 1 aromatic rings. The number of hydrogen-bond donors (Lipinski definition) is 2. The van der Waals surface area contributed by atoms with Crippen LogP contribution in [0.5, 0.6) is 0 Å². The highest BCUT2D eigenvalue weighted by Gasteiger charge is 2.34. The summed E-state index contributed by atoms with van der Waals surface area (Å²) in [6.45, 7) is 5.36. The Kier molecular flexibility index (Phi) is 7.78. The number of aliphatic imine (C=N–C) groups is 1. The monoisotopic (exact) mass is 368 g/mol. The molecule has 1 saturated heterocycles. The van der Waals surface area contributed by atoms with E-state index >= 15 is 0 Å². The Balaban J connectivity index is 1.96. The predicted molar refractivity (Wildman–Crippen MR) is 101 cm³/mol. The zero-order valence-electron chi connectivity index (χ0n) is 15.9. The molecule has 0 saturated carbocycles. The van der Waals surface area contributed by atoms with Crippen molar-refractivity contribution in [1.29, 1.82) is 0 Å². The van der Waals surface area contributed by atoms with E-state index in [1.807, 2.05) is 6.92 Å². The van der Waals surface area contributed by atoms with Gasteiger partial charge in [-0.3, -0.25) is 4.99 Å². The summed E-state index contributed by atoms with van der Waals surface area (Å²) >= 11 is 0. The first kappa shape index (κ1) is 20.6. The van der Waals surface area contributed by atoms with E-state index in [0.29, 0.717) is 31.0 Å². The van der Waals surface area contributed by atoms with Crippen LogP contribution in [0.4, 0.5) is 8.78 Å². The molecule has 1 aliphatic rings. The second-order valence-electron chi connectivity index (χ2n) is 6.84. The molecule has 0 bridgehead atoms. The van der Waals surface area contributed by atoms with Gasteiger partial charge in [0, 0.05) is 31.8 Å². The van der Waals surface area contributed by atoms with Crippen molar-refractivity contribution < 1.29 is 13.5 Å². The summed E-state index contributed by atoms with van der Waals surface area (Å²) in [5, 5.41) is 6.42. The van der Waals surface area contributed by atoms with Crippen LogP contribution in [-0.4, -0.2) is 63.3 Å². The van der Waals surface area contributed by atoms with Gasteiger partial charge in [0.05, 0.1) is 6.54 Å². The zero-order chi connectivity index (χ0) is 19.0. The summed E-state index contributed by atoms with van der Waals surface area (Å²) in [4.78, 5) is 6.96. The highest BCUT2D eigenvalue weighted by atomic mass is 19.1. The summed E-state index contributed by atoms with van der Waals surface area (Å²) in [5.74, 6) is -0.115. The average Bonchev–Trinajstić information content (AvgIpc) is 2.63. The second kappa shape index (κ2) is 9.83. The number of ether oxygens (including phenoxy) is 1. The SMILES string of the molecule is CCNC(=NCC1(N(C)C)CCOCC1)NCCc1cc(F)ccc1F. The topological polar surface area (TPSA) is 48.9 Å². The lowest BCUT2D eigenvalue weighted by Crippen LogP contribution is -2.51. The lowest BCUT2D eigenvalue weighted by molar-refractivity contribution is -0.00254. The average molecular weight is 368 g/mol. The number of rotatable bonds is 7. The molecule has 5 nitrogen and oxygen atoms in total. The molecule has 1 fully saturated rings. The molecule has 146 valence electrons. The zero-order valence-corrected chi connectivity index (χ0v) is 15.9. The van der Waals surface area contributed by atoms with Crippen molar-refractivity contribution in [2.75, 3.05) is 46.9 Å². The molecule has 1 heterocycles. The van der Waals surface area contributed by atoms with Crippen molar-refractivity contribution in [2.24, 2.45) is 4.99 Å². The van der Waals surface area contributed by atoms with Crippen LogP contribution in [0, 0.1) is 11.6 Å². The Morgan fingerprint density at radius 2 is 1.96 bits per heavy atom. The number of hydrogen-bond acceptors (Lipinski definition) is 3. The minimum Gasteiger partial charge on any atom is -0.381 e. The van der Waals surface area contributed by atoms with Crippen molar-refractivity contribution in [2.45, 2.75) is 31.7 Å². The Labute approximate surface area is 154 Å². The number of likely N-dealkylation sites (N-methyl/N-ethyl adjacent to an activating group) is 1. The molecular formula is C19H30F2N4O. The molecule has 1 aliphatic heterocycles. The van der Waals surface area contributed by atoms with E-state index in [9.17, 15) is 8.78 Å². The maximum Gasteiger partial charge on any atom is 0.191 e. The molecule has 0 spiro atoms. The van der Waals surface area contributed by atoms with Gasteiger partial charge in [0.25, 0.3) is 0 Å². The highest BCUT2D eigenvalue weighted by molar-refractivity contribution is 5.79. The van der Waals surface area contributed by atoms with E-state index in [4.69, 9.17) is 9.73 Å². The van der Waals surface area contributed by atoms with Crippen LogP contribution >= 0.6 is 0 Å². The second-order valence-corrected chi connectivity index (χ2v) is 6.84. The van der Waals surface area contributed by atoms with Crippen LogP contribution in [0.1, 0.15) is 25.3 Å². The maximum absolute atomic E-state index is 13.7. The molecule has 0 aliphatic carbocycles. The number of benzene rings is 1. The van der Waals surface area contributed by atoms with E-state index in [0.717, 1.165) is 44.7 Å². The van der Waals surface area contributed by atoms with E-state index in [1.54, 1.807) is 0 Å². The van der Waals surface area contributed by atoms with Gasteiger partial charge in [0.1, 0.15) is 11.6 Å². The van der Waals surface area contributed by atoms with Crippen molar-refractivity contribution in [3.63, 3.8) is 0 Å². The lowest BCUT2D eigenvalue weighted by atomic mass is 9.89. The van der Waals surface area contributed by atoms with Crippen LogP contribution in [0.3, 0.4) is 0 Å².